The van der Waals surface area contributed by atoms with E-state index in [9.17, 15) is 0 Å². The molecule has 1 unspecified atom stereocenters. The van der Waals surface area contributed by atoms with Gasteiger partial charge in [-0.1, -0.05) is 63.3 Å². The molecule has 0 aliphatic rings. The molecule has 0 fully saturated rings. The van der Waals surface area contributed by atoms with Crippen molar-refractivity contribution in [3.63, 3.8) is 0 Å². The molecule has 1 atom stereocenters. The Balaban J connectivity index is 2.67. The van der Waals surface area contributed by atoms with Crippen LogP contribution >= 0.6 is 0 Å². The molecule has 0 aliphatic carbocycles. The van der Waals surface area contributed by atoms with Gasteiger partial charge in [0.1, 0.15) is 0 Å². The van der Waals surface area contributed by atoms with E-state index in [4.69, 9.17) is 6.42 Å². The molecule has 0 saturated heterocycles. The van der Waals surface area contributed by atoms with Crippen LogP contribution in [0.15, 0.2) is 24.3 Å². The van der Waals surface area contributed by atoms with Crippen LogP contribution in [0.4, 0.5) is 0 Å². The Morgan fingerprint density at radius 1 is 1.12 bits per heavy atom. The van der Waals surface area contributed by atoms with Crippen molar-refractivity contribution in [2.45, 2.75) is 51.9 Å². The van der Waals surface area contributed by atoms with Crippen LogP contribution < -0.4 is 0 Å². The van der Waals surface area contributed by atoms with E-state index in [1.165, 1.54) is 30.4 Å². The van der Waals surface area contributed by atoms with Crippen molar-refractivity contribution < 1.29 is 0 Å². The average molecular weight is 213 g/mol. The summed E-state index contributed by atoms with van der Waals surface area (Å²) in [6.45, 7) is 4.38. The summed E-state index contributed by atoms with van der Waals surface area (Å²) in [5.74, 6) is 2.85. The van der Waals surface area contributed by atoms with E-state index in [2.05, 4.69) is 44.0 Å². The fourth-order valence-electron chi connectivity index (χ4n) is 1.94. The second kappa shape index (κ2) is 7.12. The van der Waals surface area contributed by atoms with E-state index in [0.717, 1.165) is 12.8 Å². The largest absolute Gasteiger partial charge is 0.0809 e. The molecule has 1 radical (unpaired) electrons. The summed E-state index contributed by atoms with van der Waals surface area (Å²) >= 11 is 0. The van der Waals surface area contributed by atoms with Crippen LogP contribution in [-0.2, 0) is 6.42 Å². The minimum atomic E-state index is 0.190. The zero-order valence-corrected chi connectivity index (χ0v) is 10.4. The Kier molecular flexibility index (Phi) is 5.72. The van der Waals surface area contributed by atoms with Gasteiger partial charge in [0.25, 0.3) is 0 Å². The first-order chi connectivity index (χ1) is 7.81. The van der Waals surface area contributed by atoms with Gasteiger partial charge in [-0.05, 0) is 30.4 Å². The van der Waals surface area contributed by atoms with Gasteiger partial charge < -0.3 is 0 Å². The van der Waals surface area contributed by atoms with Gasteiger partial charge in [-0.25, -0.2) is 0 Å². The molecule has 16 heavy (non-hydrogen) atoms. The minimum Gasteiger partial charge on any atom is -0.0809 e. The van der Waals surface area contributed by atoms with Gasteiger partial charge in [0.15, 0.2) is 0 Å². The molecule has 0 amide bonds. The summed E-state index contributed by atoms with van der Waals surface area (Å²) in [5, 5.41) is 0. The average Bonchev–Trinajstić information content (AvgIpc) is 2.32. The molecule has 1 rings (SSSR count). The quantitative estimate of drug-likeness (QED) is 0.610. The molecule has 0 spiro atoms. The van der Waals surface area contributed by atoms with Crippen LogP contribution in [0, 0.1) is 12.3 Å². The molecule has 0 heteroatoms. The maximum atomic E-state index is 7.36. The lowest BCUT2D eigenvalue weighted by molar-refractivity contribution is 0.675. The molecule has 0 nitrogen and oxygen atoms in total. The normalized spacial score (nSPS) is 12.1. The summed E-state index contributed by atoms with van der Waals surface area (Å²) < 4.78 is 0. The highest BCUT2D eigenvalue weighted by Gasteiger charge is 2.07. The van der Waals surface area contributed by atoms with Crippen molar-refractivity contribution in [3.05, 3.63) is 41.8 Å². The highest BCUT2D eigenvalue weighted by atomic mass is 14.1. The smallest absolute Gasteiger partial charge is 0.0462 e. The van der Waals surface area contributed by atoms with Crippen LogP contribution in [0.2, 0.25) is 0 Å². The van der Waals surface area contributed by atoms with Crippen molar-refractivity contribution in [2.24, 2.45) is 0 Å². The van der Waals surface area contributed by atoms with E-state index in [-0.39, 0.29) is 5.92 Å². The number of unbranched alkanes of at least 4 members (excludes halogenated alkanes) is 1. The zero-order valence-electron chi connectivity index (χ0n) is 10.4. The predicted molar refractivity (Wildman–Crippen MR) is 69.8 cm³/mol. The Bertz CT molecular complexity index is 326. The number of aryl methyl sites for hydroxylation is 1. The number of benzene rings is 1. The SMILES string of the molecule is [C]#CC(CCCC)c1ccc(CCC)cc1. The van der Waals surface area contributed by atoms with E-state index < -0.39 is 0 Å². The third-order valence-corrected chi connectivity index (χ3v) is 2.94. The van der Waals surface area contributed by atoms with E-state index in [1.54, 1.807) is 0 Å². The molecule has 1 aromatic rings. The fraction of sp³-hybridized carbons (Fsp3) is 0.500. The summed E-state index contributed by atoms with van der Waals surface area (Å²) in [7, 11) is 0. The van der Waals surface area contributed by atoms with Crippen LogP contribution in [0.3, 0.4) is 0 Å². The van der Waals surface area contributed by atoms with Gasteiger partial charge in [0, 0.05) is 5.92 Å². The summed E-state index contributed by atoms with van der Waals surface area (Å²) in [6, 6.07) is 8.70. The molecular weight excluding hydrogens is 192 g/mol. The maximum absolute atomic E-state index is 7.36. The Morgan fingerprint density at radius 3 is 2.31 bits per heavy atom. The zero-order chi connectivity index (χ0) is 11.8. The second-order valence-corrected chi connectivity index (χ2v) is 4.33. The summed E-state index contributed by atoms with van der Waals surface area (Å²) in [4.78, 5) is 0. The van der Waals surface area contributed by atoms with Gasteiger partial charge in [-0.2, -0.15) is 0 Å². The summed E-state index contributed by atoms with van der Waals surface area (Å²) in [5.41, 5.74) is 2.63. The molecule has 0 N–H and O–H groups in total. The van der Waals surface area contributed by atoms with E-state index >= 15 is 0 Å². The van der Waals surface area contributed by atoms with Crippen LogP contribution in [0.5, 0.6) is 0 Å². The topological polar surface area (TPSA) is 0 Å². The maximum Gasteiger partial charge on any atom is 0.0462 e. The minimum absolute atomic E-state index is 0.190. The molecule has 0 bridgehead atoms. The van der Waals surface area contributed by atoms with Gasteiger partial charge in [-0.15, -0.1) is 0 Å². The first kappa shape index (κ1) is 12.8. The molecular formula is C16H21. The highest BCUT2D eigenvalue weighted by Crippen LogP contribution is 2.21. The van der Waals surface area contributed by atoms with Crippen molar-refractivity contribution in [3.8, 4) is 5.92 Å². The number of hydrogen-bond donors (Lipinski definition) is 0. The number of hydrogen-bond acceptors (Lipinski definition) is 0. The van der Waals surface area contributed by atoms with Gasteiger partial charge >= 0.3 is 0 Å². The van der Waals surface area contributed by atoms with Crippen LogP contribution in [-0.4, -0.2) is 0 Å². The first-order valence-corrected chi connectivity index (χ1v) is 6.32. The Labute approximate surface area is 100 Å². The molecule has 0 heterocycles. The van der Waals surface area contributed by atoms with Gasteiger partial charge in [0.2, 0.25) is 0 Å². The lowest BCUT2D eigenvalue weighted by Crippen LogP contribution is -1.96. The van der Waals surface area contributed by atoms with Crippen molar-refractivity contribution >= 4 is 0 Å². The molecule has 0 aliphatic heterocycles. The first-order valence-electron chi connectivity index (χ1n) is 6.32. The second-order valence-electron chi connectivity index (χ2n) is 4.33. The van der Waals surface area contributed by atoms with Crippen molar-refractivity contribution in [1.29, 1.82) is 0 Å². The third-order valence-electron chi connectivity index (χ3n) is 2.94. The Morgan fingerprint density at radius 2 is 1.81 bits per heavy atom. The lowest BCUT2D eigenvalue weighted by atomic mass is 9.93. The van der Waals surface area contributed by atoms with Crippen molar-refractivity contribution in [2.75, 3.05) is 0 Å². The standard InChI is InChI=1S/C16H21/c1-4-7-9-15(6-3)16-12-10-14(8-5-2)11-13-16/h10-13,15H,4-5,7-9H2,1-2H3. The Hall–Kier alpha value is -1.22. The predicted octanol–water partition coefficient (Wildman–Crippen LogP) is 4.50. The molecule has 0 saturated carbocycles. The van der Waals surface area contributed by atoms with E-state index in [1.807, 2.05) is 0 Å². The monoisotopic (exact) mass is 213 g/mol. The summed E-state index contributed by atoms with van der Waals surface area (Å²) in [6.07, 6.45) is 13.1. The van der Waals surface area contributed by atoms with Gasteiger partial charge in [0.05, 0.1) is 0 Å². The molecule has 0 aromatic heterocycles. The van der Waals surface area contributed by atoms with Crippen LogP contribution in [0.1, 0.15) is 56.6 Å². The number of rotatable bonds is 6. The third kappa shape index (κ3) is 3.74. The molecule has 1 aromatic carbocycles. The highest BCUT2D eigenvalue weighted by molar-refractivity contribution is 5.29. The van der Waals surface area contributed by atoms with Crippen molar-refractivity contribution in [1.82, 2.24) is 0 Å². The fourth-order valence-corrected chi connectivity index (χ4v) is 1.94. The van der Waals surface area contributed by atoms with Crippen LogP contribution in [0.25, 0.3) is 0 Å². The van der Waals surface area contributed by atoms with E-state index in [0.29, 0.717) is 0 Å². The molecule has 85 valence electrons. The lowest BCUT2D eigenvalue weighted by Gasteiger charge is -2.10. The van der Waals surface area contributed by atoms with Gasteiger partial charge in [-0.3, -0.25) is 0 Å².